The Balaban J connectivity index is 2.39. The number of aromatic nitrogens is 2. The maximum Gasteiger partial charge on any atom is 0.413 e. The van der Waals surface area contributed by atoms with Crippen molar-refractivity contribution in [3.05, 3.63) is 18.2 Å². The minimum Gasteiger partial charge on any atom is -0.453 e. The number of thioether (sulfide) groups is 1. The van der Waals surface area contributed by atoms with E-state index in [-0.39, 0.29) is 5.95 Å². The second kappa shape index (κ2) is 5.77. The summed E-state index contributed by atoms with van der Waals surface area (Å²) in [6, 6.07) is 5.53. The van der Waals surface area contributed by atoms with E-state index in [0.29, 0.717) is 16.3 Å². The average Bonchev–Trinajstić information content (AvgIpc) is 2.80. The zero-order chi connectivity index (χ0) is 14.7. The van der Waals surface area contributed by atoms with Gasteiger partial charge in [-0.3, -0.25) is 5.31 Å². The lowest BCUT2D eigenvalue weighted by molar-refractivity contribution is 0.186. The molecule has 0 aliphatic carbocycles. The SMILES string of the molecule is [2H]N(C(=O)OC)c1nc2cc(SCCC)ccc2n1[2H]. The minimum atomic E-state index is -0.880. The van der Waals surface area contributed by atoms with E-state index in [1.54, 1.807) is 17.8 Å². The van der Waals surface area contributed by atoms with Crippen LogP contribution in [0.2, 0.25) is 2.82 Å². The number of nitrogens with zero attached hydrogens (tertiary/aromatic N) is 1. The van der Waals surface area contributed by atoms with Crippen LogP contribution in [0.4, 0.5) is 10.7 Å². The van der Waals surface area contributed by atoms with E-state index in [1.165, 1.54) is 7.11 Å². The topological polar surface area (TPSA) is 67.0 Å². The Bertz CT molecular complexity index is 632. The first-order valence-electron chi connectivity index (χ1n) is 6.49. The number of nitrogens with one attached hydrogen (secondary N) is 2. The van der Waals surface area contributed by atoms with Crippen LogP contribution in [0, 0.1) is 0 Å². The summed E-state index contributed by atoms with van der Waals surface area (Å²) in [5, 5.41) is 0.464. The van der Waals surface area contributed by atoms with Crippen LogP contribution in [0.1, 0.15) is 13.3 Å². The summed E-state index contributed by atoms with van der Waals surface area (Å²) in [5.41, 5.74) is 1.12. The highest BCUT2D eigenvalue weighted by Crippen LogP contribution is 2.23. The number of aromatic amines is 1. The fraction of sp³-hybridized carbons (Fsp3) is 0.333. The summed E-state index contributed by atoms with van der Waals surface area (Å²) >= 11 is 1.71. The van der Waals surface area contributed by atoms with Crippen molar-refractivity contribution in [2.45, 2.75) is 18.2 Å². The smallest absolute Gasteiger partial charge is 0.413 e. The fourth-order valence-corrected chi connectivity index (χ4v) is 2.21. The van der Waals surface area contributed by atoms with Crippen LogP contribution in [0.25, 0.3) is 11.0 Å². The van der Waals surface area contributed by atoms with Gasteiger partial charge in [0.15, 0.2) is 2.82 Å². The molecule has 0 unspecified atom stereocenters. The summed E-state index contributed by atoms with van der Waals surface area (Å²) in [5.74, 6) is 0.914. The van der Waals surface area contributed by atoms with Crippen molar-refractivity contribution in [3.8, 4) is 0 Å². The Hall–Kier alpha value is -1.69. The second-order valence-electron chi connectivity index (χ2n) is 3.60. The molecule has 1 amide bonds. The molecule has 0 saturated heterocycles. The summed E-state index contributed by atoms with van der Waals surface area (Å²) < 4.78 is 20.0. The van der Waals surface area contributed by atoms with Crippen LogP contribution in [-0.2, 0) is 4.74 Å². The number of H-pyrrole nitrogens is 1. The molecule has 1 aromatic carbocycles. The molecular formula is C12H15N3O2S. The Kier molecular flexibility index (Phi) is 3.29. The van der Waals surface area contributed by atoms with Gasteiger partial charge in [-0.05, 0) is 30.4 Å². The number of amides is 1. The molecule has 2 N–H and O–H groups in total. The van der Waals surface area contributed by atoms with Crippen molar-refractivity contribution in [1.29, 1.82) is 0 Å². The zero-order valence-electron chi connectivity index (χ0n) is 12.2. The van der Waals surface area contributed by atoms with Crippen molar-refractivity contribution in [2.24, 2.45) is 0 Å². The first-order chi connectivity index (χ1) is 9.58. The third-order valence-corrected chi connectivity index (χ3v) is 3.43. The van der Waals surface area contributed by atoms with Gasteiger partial charge in [0.25, 0.3) is 0 Å². The van der Waals surface area contributed by atoms with Crippen LogP contribution in [-0.4, -0.2) is 28.9 Å². The molecule has 0 spiro atoms. The lowest BCUT2D eigenvalue weighted by Gasteiger charge is -1.98. The summed E-state index contributed by atoms with van der Waals surface area (Å²) in [6.07, 6.45) is 0.193. The molecule has 0 saturated carbocycles. The van der Waals surface area contributed by atoms with E-state index < -0.39 is 6.09 Å². The number of imidazole rings is 1. The molecule has 0 atom stereocenters. The predicted octanol–water partition coefficient (Wildman–Crippen LogP) is 3.24. The first-order valence-corrected chi connectivity index (χ1v) is 6.58. The number of anilines is 1. The van der Waals surface area contributed by atoms with E-state index in [4.69, 9.17) is 2.82 Å². The van der Waals surface area contributed by atoms with Gasteiger partial charge in [0.05, 0.1) is 18.1 Å². The molecule has 6 heteroatoms. The van der Waals surface area contributed by atoms with Crippen LogP contribution in [0.15, 0.2) is 23.1 Å². The molecule has 2 aromatic rings. The second-order valence-corrected chi connectivity index (χ2v) is 4.77. The van der Waals surface area contributed by atoms with Crippen molar-refractivity contribution in [2.75, 3.05) is 18.2 Å². The van der Waals surface area contributed by atoms with Gasteiger partial charge < -0.3 is 9.71 Å². The summed E-state index contributed by atoms with van der Waals surface area (Å²) in [7, 11) is 1.18. The van der Waals surface area contributed by atoms with Gasteiger partial charge in [-0.15, -0.1) is 11.8 Å². The number of ether oxygens (including phenoxy) is 1. The monoisotopic (exact) mass is 267 g/mol. The van der Waals surface area contributed by atoms with E-state index in [9.17, 15) is 4.79 Å². The molecule has 1 heterocycles. The van der Waals surface area contributed by atoms with Gasteiger partial charge in [-0.2, -0.15) is 0 Å². The number of benzene rings is 1. The standard InChI is InChI=1S/C12H15N3O2S/c1-3-6-18-8-4-5-9-10(7-8)14-11(13-9)15-12(16)17-2/h4-5,7H,3,6H2,1-2H3,(H2,13,14,15,16)/i/hD2. The van der Waals surface area contributed by atoms with E-state index >= 15 is 0 Å². The number of hydrogen-bond acceptors (Lipinski definition) is 4. The Labute approximate surface area is 112 Å². The molecule has 2 rings (SSSR count). The Morgan fingerprint density at radius 2 is 2.56 bits per heavy atom. The van der Waals surface area contributed by atoms with Crippen molar-refractivity contribution < 1.29 is 12.4 Å². The molecule has 5 nitrogen and oxygen atoms in total. The molecule has 0 bridgehead atoms. The van der Waals surface area contributed by atoms with Gasteiger partial charge in [0.2, 0.25) is 5.95 Å². The molecule has 0 aliphatic rings. The van der Waals surface area contributed by atoms with Crippen LogP contribution >= 0.6 is 11.8 Å². The lowest BCUT2D eigenvalue weighted by Crippen LogP contribution is -2.11. The van der Waals surface area contributed by atoms with Crippen molar-refractivity contribution >= 4 is 34.8 Å². The third-order valence-electron chi connectivity index (χ3n) is 2.23. The highest BCUT2D eigenvalue weighted by molar-refractivity contribution is 7.99. The number of methoxy groups -OCH3 is 1. The van der Waals surface area contributed by atoms with Crippen LogP contribution < -0.4 is 5.31 Å². The minimum absolute atomic E-state index is 0.0931. The first kappa shape index (κ1) is 10.3. The molecular weight excluding hydrogens is 250 g/mol. The quantitative estimate of drug-likeness (QED) is 0.834. The van der Waals surface area contributed by atoms with Crippen LogP contribution in [0.5, 0.6) is 0 Å². The Morgan fingerprint density at radius 1 is 1.72 bits per heavy atom. The fourth-order valence-electron chi connectivity index (χ4n) is 1.41. The van der Waals surface area contributed by atoms with E-state index in [0.717, 1.165) is 22.0 Å². The van der Waals surface area contributed by atoms with Gasteiger partial charge in [0.1, 0.15) is 0 Å². The summed E-state index contributed by atoms with van der Waals surface area (Å²) in [6.45, 7) is 2.11. The average molecular weight is 267 g/mol. The molecule has 18 heavy (non-hydrogen) atoms. The maximum atomic E-state index is 11.3. The number of fused-ring (bicyclic) bond motifs is 1. The molecule has 1 aromatic heterocycles. The van der Waals surface area contributed by atoms with Crippen LogP contribution in [0.3, 0.4) is 0 Å². The Morgan fingerprint density at radius 3 is 3.28 bits per heavy atom. The van der Waals surface area contributed by atoms with Gasteiger partial charge in [-0.1, -0.05) is 6.92 Å². The largest absolute Gasteiger partial charge is 0.453 e. The highest BCUT2D eigenvalue weighted by Gasteiger charge is 2.07. The number of carbonyl (C=O) groups excluding carboxylic acids is 1. The molecule has 0 radical (unpaired) electrons. The van der Waals surface area contributed by atoms with Crippen molar-refractivity contribution in [1.82, 2.24) is 9.96 Å². The molecule has 0 fully saturated rings. The number of carbonyl (C=O) groups is 1. The number of rotatable bonds is 4. The molecule has 96 valence electrons. The van der Waals surface area contributed by atoms with Gasteiger partial charge >= 0.3 is 6.09 Å². The number of hydrogen-bond donors (Lipinski definition) is 2. The molecule has 0 aliphatic heterocycles. The van der Waals surface area contributed by atoms with E-state index in [2.05, 4.69) is 16.6 Å². The third kappa shape index (κ3) is 2.95. The van der Waals surface area contributed by atoms with Gasteiger partial charge in [-0.25, -0.2) is 9.78 Å². The summed E-state index contributed by atoms with van der Waals surface area (Å²) in [4.78, 5) is 17.5. The normalized spacial score (nSPS) is 12.1. The zero-order valence-corrected chi connectivity index (χ0v) is 11.0. The highest BCUT2D eigenvalue weighted by atomic mass is 32.2. The maximum absolute atomic E-state index is 11.3. The van der Waals surface area contributed by atoms with E-state index in [1.807, 2.05) is 12.1 Å². The van der Waals surface area contributed by atoms with Crippen molar-refractivity contribution in [3.63, 3.8) is 0 Å². The van der Waals surface area contributed by atoms with Gasteiger partial charge in [0, 0.05) is 4.90 Å². The predicted molar refractivity (Wildman–Crippen MR) is 73.1 cm³/mol. The lowest BCUT2D eigenvalue weighted by atomic mass is 10.3.